The van der Waals surface area contributed by atoms with Crippen molar-refractivity contribution in [1.82, 2.24) is 19.3 Å². The van der Waals surface area contributed by atoms with Crippen molar-refractivity contribution in [3.8, 4) is 11.4 Å². The van der Waals surface area contributed by atoms with Crippen LogP contribution in [-0.2, 0) is 13.1 Å². The van der Waals surface area contributed by atoms with E-state index < -0.39 is 5.69 Å². The molecule has 31 heavy (non-hydrogen) atoms. The van der Waals surface area contributed by atoms with Gasteiger partial charge in [0, 0.05) is 10.0 Å². The van der Waals surface area contributed by atoms with Gasteiger partial charge in [0.25, 0.3) is 5.56 Å². The normalized spacial score (nSPS) is 11.3. The Morgan fingerprint density at radius 3 is 2.52 bits per heavy atom. The van der Waals surface area contributed by atoms with Gasteiger partial charge in [-0.2, -0.15) is 4.98 Å². The van der Waals surface area contributed by atoms with E-state index in [4.69, 9.17) is 8.94 Å². The van der Waals surface area contributed by atoms with Gasteiger partial charge in [0.05, 0.1) is 23.7 Å². The topological polar surface area (TPSA) is 96.1 Å². The minimum Gasteiger partial charge on any atom is -0.467 e. The Bertz CT molecular complexity index is 1500. The molecule has 0 amide bonds. The Morgan fingerprint density at radius 1 is 0.903 bits per heavy atom. The first kappa shape index (κ1) is 19.3. The van der Waals surface area contributed by atoms with Crippen molar-refractivity contribution in [3.63, 3.8) is 0 Å². The number of fused-ring (bicyclic) bond motifs is 1. The van der Waals surface area contributed by atoms with Crippen LogP contribution in [0.4, 0.5) is 0 Å². The van der Waals surface area contributed by atoms with E-state index in [1.54, 1.807) is 36.4 Å². The van der Waals surface area contributed by atoms with E-state index in [0.29, 0.717) is 22.5 Å². The molecule has 154 valence electrons. The molecule has 0 N–H and O–H groups in total. The summed E-state index contributed by atoms with van der Waals surface area (Å²) in [7, 11) is 0. The third-order valence-electron chi connectivity index (χ3n) is 4.90. The zero-order valence-electron chi connectivity index (χ0n) is 16.1. The standard InChI is InChI=1S/C22H15BrN4O4/c23-17-9-3-1-7-15(17)20-24-19(31-25-20)13-26-18-10-4-2-8-16(18)21(28)27(22(26)29)12-14-6-5-11-30-14/h1-11H,12-13H2. The van der Waals surface area contributed by atoms with Gasteiger partial charge < -0.3 is 8.94 Å². The largest absolute Gasteiger partial charge is 0.467 e. The lowest BCUT2D eigenvalue weighted by atomic mass is 10.2. The maximum atomic E-state index is 13.3. The van der Waals surface area contributed by atoms with Crippen LogP contribution in [0.2, 0.25) is 0 Å². The summed E-state index contributed by atoms with van der Waals surface area (Å²) in [4.78, 5) is 30.6. The maximum absolute atomic E-state index is 13.3. The van der Waals surface area contributed by atoms with Gasteiger partial charge >= 0.3 is 5.69 Å². The lowest BCUT2D eigenvalue weighted by Gasteiger charge is -2.12. The highest BCUT2D eigenvalue weighted by Gasteiger charge is 2.17. The van der Waals surface area contributed by atoms with Gasteiger partial charge in [-0.15, -0.1) is 0 Å². The number of aromatic nitrogens is 4. The molecule has 3 aromatic heterocycles. The fourth-order valence-corrected chi connectivity index (χ4v) is 3.89. The quantitative estimate of drug-likeness (QED) is 0.382. The molecule has 0 saturated carbocycles. The fourth-order valence-electron chi connectivity index (χ4n) is 3.43. The van der Waals surface area contributed by atoms with Gasteiger partial charge in [0.15, 0.2) is 0 Å². The zero-order chi connectivity index (χ0) is 21.4. The van der Waals surface area contributed by atoms with E-state index in [9.17, 15) is 9.59 Å². The molecule has 5 rings (SSSR count). The summed E-state index contributed by atoms with van der Waals surface area (Å²) in [5.74, 6) is 1.17. The van der Waals surface area contributed by atoms with Crippen LogP contribution in [0.5, 0.6) is 0 Å². The highest BCUT2D eigenvalue weighted by Crippen LogP contribution is 2.25. The summed E-state index contributed by atoms with van der Waals surface area (Å²) in [6.07, 6.45) is 1.50. The van der Waals surface area contributed by atoms with Gasteiger partial charge in [-0.1, -0.05) is 45.4 Å². The van der Waals surface area contributed by atoms with Crippen LogP contribution < -0.4 is 11.2 Å². The summed E-state index contributed by atoms with van der Waals surface area (Å²) in [5.41, 5.74) is 0.403. The molecular weight excluding hydrogens is 464 g/mol. The van der Waals surface area contributed by atoms with Gasteiger partial charge in [-0.05, 0) is 36.4 Å². The Hall–Kier alpha value is -3.72. The van der Waals surface area contributed by atoms with E-state index in [-0.39, 0.29) is 24.5 Å². The zero-order valence-corrected chi connectivity index (χ0v) is 17.7. The lowest BCUT2D eigenvalue weighted by molar-refractivity contribution is 0.369. The number of para-hydroxylation sites is 1. The van der Waals surface area contributed by atoms with Crippen molar-refractivity contribution in [3.05, 3.63) is 104 Å². The smallest absolute Gasteiger partial charge is 0.332 e. The number of hydrogen-bond acceptors (Lipinski definition) is 6. The molecule has 0 fully saturated rings. The molecule has 0 bridgehead atoms. The number of benzene rings is 2. The van der Waals surface area contributed by atoms with E-state index in [1.807, 2.05) is 24.3 Å². The second-order valence-electron chi connectivity index (χ2n) is 6.85. The summed E-state index contributed by atoms with van der Waals surface area (Å²) >= 11 is 3.48. The van der Waals surface area contributed by atoms with E-state index in [2.05, 4.69) is 26.1 Å². The molecule has 0 aliphatic heterocycles. The minimum atomic E-state index is -0.485. The molecule has 5 aromatic rings. The Kier molecular flexibility index (Phi) is 4.87. The van der Waals surface area contributed by atoms with E-state index in [0.717, 1.165) is 14.6 Å². The number of halogens is 1. The van der Waals surface area contributed by atoms with E-state index >= 15 is 0 Å². The second kappa shape index (κ2) is 7.84. The van der Waals surface area contributed by atoms with Gasteiger partial charge in [0.2, 0.25) is 11.7 Å². The molecule has 0 aliphatic carbocycles. The van der Waals surface area contributed by atoms with Crippen LogP contribution >= 0.6 is 15.9 Å². The first-order valence-electron chi connectivity index (χ1n) is 9.44. The average Bonchev–Trinajstić information content (AvgIpc) is 3.47. The predicted molar refractivity (Wildman–Crippen MR) is 117 cm³/mol. The number of nitrogens with zero attached hydrogens (tertiary/aromatic N) is 4. The van der Waals surface area contributed by atoms with Gasteiger partial charge in [-0.25, -0.2) is 4.79 Å². The lowest BCUT2D eigenvalue weighted by Crippen LogP contribution is -2.40. The fraction of sp³-hybridized carbons (Fsp3) is 0.0909. The molecule has 0 aliphatic rings. The van der Waals surface area contributed by atoms with Crippen molar-refractivity contribution < 1.29 is 8.94 Å². The molecule has 0 radical (unpaired) electrons. The van der Waals surface area contributed by atoms with Crippen LogP contribution in [0.3, 0.4) is 0 Å². The first-order chi connectivity index (χ1) is 15.1. The SMILES string of the molecule is O=c1c2ccccc2n(Cc2nc(-c3ccccc3Br)no2)c(=O)n1Cc1ccco1. The van der Waals surface area contributed by atoms with Gasteiger partial charge in [0.1, 0.15) is 12.3 Å². The highest BCUT2D eigenvalue weighted by molar-refractivity contribution is 9.10. The number of rotatable bonds is 5. The van der Waals surface area contributed by atoms with E-state index in [1.165, 1.54) is 10.8 Å². The molecule has 3 heterocycles. The molecule has 2 aromatic carbocycles. The second-order valence-corrected chi connectivity index (χ2v) is 7.70. The molecule has 0 atom stereocenters. The predicted octanol–water partition coefficient (Wildman–Crippen LogP) is 3.67. The van der Waals surface area contributed by atoms with Gasteiger partial charge in [-0.3, -0.25) is 13.9 Å². The Morgan fingerprint density at radius 2 is 1.71 bits per heavy atom. The Labute approximate surface area is 183 Å². The first-order valence-corrected chi connectivity index (χ1v) is 10.2. The minimum absolute atomic E-state index is 0.0230. The summed E-state index contributed by atoms with van der Waals surface area (Å²) in [6, 6.07) is 17.9. The van der Waals surface area contributed by atoms with Crippen molar-refractivity contribution in [1.29, 1.82) is 0 Å². The molecule has 9 heteroatoms. The van der Waals surface area contributed by atoms with Crippen LogP contribution in [0.15, 0.2) is 89.9 Å². The molecule has 8 nitrogen and oxygen atoms in total. The molecule has 0 spiro atoms. The summed E-state index contributed by atoms with van der Waals surface area (Å²) in [6.45, 7) is 0.0524. The average molecular weight is 479 g/mol. The van der Waals surface area contributed by atoms with Crippen molar-refractivity contribution >= 4 is 26.8 Å². The molecular formula is C22H15BrN4O4. The third kappa shape index (κ3) is 3.53. The monoisotopic (exact) mass is 478 g/mol. The van der Waals surface area contributed by atoms with Crippen molar-refractivity contribution in [2.45, 2.75) is 13.1 Å². The molecule has 0 unspecified atom stereocenters. The van der Waals surface area contributed by atoms with Crippen molar-refractivity contribution in [2.24, 2.45) is 0 Å². The van der Waals surface area contributed by atoms with Crippen LogP contribution in [0.1, 0.15) is 11.7 Å². The maximum Gasteiger partial charge on any atom is 0.332 e. The van der Waals surface area contributed by atoms with Crippen molar-refractivity contribution in [2.75, 3.05) is 0 Å². The highest BCUT2D eigenvalue weighted by atomic mass is 79.9. The van der Waals surface area contributed by atoms with Crippen LogP contribution in [-0.4, -0.2) is 19.3 Å². The molecule has 0 saturated heterocycles. The number of furan rings is 1. The van der Waals surface area contributed by atoms with Crippen LogP contribution in [0.25, 0.3) is 22.3 Å². The van der Waals surface area contributed by atoms with Crippen LogP contribution in [0, 0.1) is 0 Å². The number of hydrogen-bond donors (Lipinski definition) is 0. The summed E-state index contributed by atoms with van der Waals surface area (Å²) < 4.78 is 14.2. The third-order valence-corrected chi connectivity index (χ3v) is 5.59. The Balaban J connectivity index is 1.61. The summed E-state index contributed by atoms with van der Waals surface area (Å²) in [5, 5.41) is 4.45.